The number of halogens is 1. The van der Waals surface area contributed by atoms with Crippen LogP contribution in [0, 0.1) is 0 Å². The highest BCUT2D eigenvalue weighted by Crippen LogP contribution is 2.59. The van der Waals surface area contributed by atoms with Crippen molar-refractivity contribution in [1.29, 1.82) is 0 Å². The van der Waals surface area contributed by atoms with E-state index < -0.39 is 13.4 Å². The van der Waals surface area contributed by atoms with E-state index in [0.717, 1.165) is 5.69 Å². The Bertz CT molecular complexity index is 972. The average molecular weight is 423 g/mol. The topological polar surface area (TPSA) is 87.5 Å². The van der Waals surface area contributed by atoms with E-state index in [4.69, 9.17) is 25.4 Å². The van der Waals surface area contributed by atoms with Gasteiger partial charge in [-0.15, -0.1) is 5.10 Å². The third-order valence-electron chi connectivity index (χ3n) is 4.08. The highest BCUT2D eigenvalue weighted by molar-refractivity contribution is 7.54. The summed E-state index contributed by atoms with van der Waals surface area (Å²) in [6, 6.07) is 14.3. The zero-order valence-electron chi connectivity index (χ0n) is 15.6. The van der Waals surface area contributed by atoms with Gasteiger partial charge in [0, 0.05) is 24.9 Å². The van der Waals surface area contributed by atoms with E-state index in [0.29, 0.717) is 22.2 Å². The third-order valence-corrected chi connectivity index (χ3v) is 6.36. The SMILES string of the molecule is COc1ccc(NC(c2cn(-c3cccc(Cl)c3)nn2)P(=O)(OC)OC)cc1. The monoisotopic (exact) mass is 422 g/mol. The first-order valence-electron chi connectivity index (χ1n) is 8.29. The minimum absolute atomic E-state index is 0.392. The molecule has 2 aromatic carbocycles. The van der Waals surface area contributed by atoms with Gasteiger partial charge in [0.2, 0.25) is 0 Å². The summed E-state index contributed by atoms with van der Waals surface area (Å²) >= 11 is 6.04. The van der Waals surface area contributed by atoms with E-state index in [1.54, 1.807) is 60.5 Å². The molecule has 3 rings (SSSR count). The Hall–Kier alpha value is -2.38. The number of benzene rings is 2. The smallest absolute Gasteiger partial charge is 0.358 e. The van der Waals surface area contributed by atoms with Gasteiger partial charge in [-0.05, 0) is 42.5 Å². The van der Waals surface area contributed by atoms with Crippen LogP contribution in [0.15, 0.2) is 54.7 Å². The van der Waals surface area contributed by atoms with Crippen molar-refractivity contribution in [2.75, 3.05) is 26.6 Å². The van der Waals surface area contributed by atoms with Gasteiger partial charge in [0.15, 0.2) is 5.78 Å². The van der Waals surface area contributed by atoms with Gasteiger partial charge in [-0.1, -0.05) is 22.9 Å². The second kappa shape index (κ2) is 8.75. The molecule has 1 atom stereocenters. The molecule has 0 fully saturated rings. The molecule has 0 amide bonds. The predicted octanol–water partition coefficient (Wildman–Crippen LogP) is 4.53. The minimum Gasteiger partial charge on any atom is -0.497 e. The van der Waals surface area contributed by atoms with E-state index in [-0.39, 0.29) is 0 Å². The summed E-state index contributed by atoms with van der Waals surface area (Å²) in [4.78, 5) is 0. The molecule has 0 aliphatic rings. The van der Waals surface area contributed by atoms with Gasteiger partial charge >= 0.3 is 7.60 Å². The number of ether oxygens (including phenoxy) is 1. The molecule has 148 valence electrons. The van der Waals surface area contributed by atoms with Crippen LogP contribution in [0.5, 0.6) is 5.75 Å². The highest BCUT2D eigenvalue weighted by atomic mass is 35.5. The molecule has 0 radical (unpaired) electrons. The maximum atomic E-state index is 13.1. The molecule has 3 aromatic rings. The van der Waals surface area contributed by atoms with Crippen LogP contribution in [0.25, 0.3) is 5.69 Å². The average Bonchev–Trinajstić information content (AvgIpc) is 3.21. The van der Waals surface area contributed by atoms with Gasteiger partial charge in [-0.25, -0.2) is 4.68 Å². The van der Waals surface area contributed by atoms with Crippen LogP contribution in [0.3, 0.4) is 0 Å². The molecule has 0 spiro atoms. The lowest BCUT2D eigenvalue weighted by atomic mass is 10.3. The minimum atomic E-state index is -3.57. The van der Waals surface area contributed by atoms with Crippen molar-refractivity contribution in [3.05, 3.63) is 65.4 Å². The second-order valence-corrected chi connectivity index (χ2v) is 8.51. The van der Waals surface area contributed by atoms with Gasteiger partial charge in [-0.3, -0.25) is 4.57 Å². The fourth-order valence-electron chi connectivity index (χ4n) is 2.59. The number of methoxy groups -OCH3 is 1. The zero-order valence-corrected chi connectivity index (χ0v) is 17.2. The maximum absolute atomic E-state index is 13.1. The van der Waals surface area contributed by atoms with Crippen LogP contribution in [0.1, 0.15) is 11.5 Å². The Morgan fingerprint density at radius 3 is 2.43 bits per heavy atom. The van der Waals surface area contributed by atoms with Gasteiger partial charge < -0.3 is 19.1 Å². The molecule has 1 N–H and O–H groups in total. The molecule has 28 heavy (non-hydrogen) atoms. The number of rotatable bonds is 8. The van der Waals surface area contributed by atoms with E-state index in [2.05, 4.69) is 15.6 Å². The molecule has 0 saturated carbocycles. The van der Waals surface area contributed by atoms with E-state index in [1.165, 1.54) is 14.2 Å². The number of hydrogen-bond acceptors (Lipinski definition) is 7. The molecule has 10 heteroatoms. The van der Waals surface area contributed by atoms with Gasteiger partial charge in [0.1, 0.15) is 11.4 Å². The molecular weight excluding hydrogens is 403 g/mol. The molecule has 0 aliphatic heterocycles. The molecule has 1 unspecified atom stereocenters. The fraction of sp³-hybridized carbons (Fsp3) is 0.222. The second-order valence-electron chi connectivity index (χ2n) is 5.75. The van der Waals surface area contributed by atoms with E-state index in [1.807, 2.05) is 6.07 Å². The Kier molecular flexibility index (Phi) is 6.36. The number of hydrogen-bond donors (Lipinski definition) is 1. The Labute approximate surface area is 167 Å². The van der Waals surface area contributed by atoms with Crippen molar-refractivity contribution in [2.24, 2.45) is 0 Å². The number of nitrogens with one attached hydrogen (secondary N) is 1. The Morgan fingerprint density at radius 1 is 1.11 bits per heavy atom. The molecular formula is C18H20ClN4O4P. The van der Waals surface area contributed by atoms with Gasteiger partial charge in [0.25, 0.3) is 0 Å². The first kappa shape index (κ1) is 20.4. The van der Waals surface area contributed by atoms with Crippen LogP contribution in [0.4, 0.5) is 5.69 Å². The van der Waals surface area contributed by atoms with Crippen LogP contribution in [-0.4, -0.2) is 36.3 Å². The van der Waals surface area contributed by atoms with Crippen LogP contribution < -0.4 is 10.1 Å². The standard InChI is InChI=1S/C18H20ClN4O4P/c1-25-16-9-7-14(8-10-16)20-18(28(24,26-2)27-3)17-12-23(22-21-17)15-6-4-5-13(19)11-15/h4-12,18,20H,1-3H3. The van der Waals surface area contributed by atoms with Gasteiger partial charge in [-0.2, -0.15) is 0 Å². The van der Waals surface area contributed by atoms with Crippen molar-refractivity contribution >= 4 is 24.9 Å². The Balaban J connectivity index is 1.96. The van der Waals surface area contributed by atoms with Gasteiger partial charge in [0.05, 0.1) is 19.0 Å². The van der Waals surface area contributed by atoms with Crippen LogP contribution >= 0.6 is 19.2 Å². The fourth-order valence-corrected chi connectivity index (χ4v) is 4.10. The highest BCUT2D eigenvalue weighted by Gasteiger charge is 2.38. The van der Waals surface area contributed by atoms with Crippen LogP contribution in [-0.2, 0) is 13.6 Å². The summed E-state index contributed by atoms with van der Waals surface area (Å²) in [5, 5.41) is 12.0. The Morgan fingerprint density at radius 2 is 1.82 bits per heavy atom. The lowest BCUT2D eigenvalue weighted by Crippen LogP contribution is -2.14. The molecule has 8 nitrogen and oxygen atoms in total. The first-order chi connectivity index (χ1) is 13.5. The number of aromatic nitrogens is 3. The van der Waals surface area contributed by atoms with Crippen LogP contribution in [0.2, 0.25) is 5.02 Å². The number of nitrogens with zero attached hydrogens (tertiary/aromatic N) is 3. The van der Waals surface area contributed by atoms with Crippen molar-refractivity contribution in [3.63, 3.8) is 0 Å². The first-order valence-corrected chi connectivity index (χ1v) is 10.3. The molecule has 0 aliphatic carbocycles. The third kappa shape index (κ3) is 4.36. The summed E-state index contributed by atoms with van der Waals surface area (Å²) in [6.07, 6.45) is 1.65. The summed E-state index contributed by atoms with van der Waals surface area (Å²) in [6.45, 7) is 0. The maximum Gasteiger partial charge on any atom is 0.358 e. The molecule has 0 saturated heterocycles. The molecule has 1 aromatic heterocycles. The largest absolute Gasteiger partial charge is 0.497 e. The van der Waals surface area contributed by atoms with Crippen molar-refractivity contribution < 1.29 is 18.3 Å². The van der Waals surface area contributed by atoms with E-state index >= 15 is 0 Å². The van der Waals surface area contributed by atoms with Crippen molar-refractivity contribution in [2.45, 2.75) is 5.78 Å². The summed E-state index contributed by atoms with van der Waals surface area (Å²) in [7, 11) is 0.673. The van der Waals surface area contributed by atoms with E-state index in [9.17, 15) is 4.57 Å². The summed E-state index contributed by atoms with van der Waals surface area (Å²) < 4.78 is 30.3. The molecule has 0 bridgehead atoms. The normalized spacial score (nSPS) is 12.6. The summed E-state index contributed by atoms with van der Waals surface area (Å²) in [5.74, 6) is -0.167. The van der Waals surface area contributed by atoms with Crippen molar-refractivity contribution in [1.82, 2.24) is 15.0 Å². The quantitative estimate of drug-likeness (QED) is 0.534. The summed E-state index contributed by atoms with van der Waals surface area (Å²) in [5.41, 5.74) is 1.80. The predicted molar refractivity (Wildman–Crippen MR) is 107 cm³/mol. The lowest BCUT2D eigenvalue weighted by molar-refractivity contribution is 0.268. The van der Waals surface area contributed by atoms with Crippen molar-refractivity contribution in [3.8, 4) is 11.4 Å². The zero-order chi connectivity index (χ0) is 20.1. The molecule has 1 heterocycles. The number of anilines is 1. The lowest BCUT2D eigenvalue weighted by Gasteiger charge is -2.24.